The maximum Gasteiger partial charge on any atom is 0.221 e. The van der Waals surface area contributed by atoms with E-state index in [2.05, 4.69) is 16.4 Å². The highest BCUT2D eigenvalue weighted by atomic mass is 32.2. The molecule has 26 heavy (non-hydrogen) atoms. The molecule has 0 aliphatic rings. The number of nitrogens with one attached hydrogen (secondary N) is 2. The number of carbonyl (C=O) groups is 1. The fourth-order valence-corrected chi connectivity index (χ4v) is 3.58. The predicted molar refractivity (Wildman–Crippen MR) is 105 cm³/mol. The zero-order chi connectivity index (χ0) is 19.2. The molecule has 2 aromatic rings. The number of hydrogen-bond donors (Lipinski definition) is 2. The quantitative estimate of drug-likeness (QED) is 0.645. The number of sulfonamides is 1. The van der Waals surface area contributed by atoms with Crippen molar-refractivity contribution in [1.29, 1.82) is 0 Å². The molecule has 2 rings (SSSR count). The molecule has 1 heterocycles. The number of aromatic amines is 1. The Morgan fingerprint density at radius 1 is 1.15 bits per heavy atom. The SMILES string of the molecule is CN(C)CCN(CCC(=O)NCCc1c[nH]c2ccccc12)S(C)(=O)=O. The van der Waals surface area contributed by atoms with Crippen molar-refractivity contribution in [2.24, 2.45) is 0 Å². The predicted octanol–water partition coefficient (Wildman–Crippen LogP) is 1.04. The van der Waals surface area contributed by atoms with Gasteiger partial charge in [0.05, 0.1) is 6.26 Å². The highest BCUT2D eigenvalue weighted by molar-refractivity contribution is 7.88. The fourth-order valence-electron chi connectivity index (χ4n) is 2.74. The fraction of sp³-hybridized carbons (Fsp3) is 0.500. The van der Waals surface area contributed by atoms with Gasteiger partial charge in [-0.1, -0.05) is 18.2 Å². The second-order valence-corrected chi connectivity index (χ2v) is 8.66. The summed E-state index contributed by atoms with van der Waals surface area (Å²) in [6.07, 6.45) is 4.03. The minimum Gasteiger partial charge on any atom is -0.361 e. The van der Waals surface area contributed by atoms with Crippen LogP contribution in [0.1, 0.15) is 12.0 Å². The maximum absolute atomic E-state index is 12.1. The molecule has 0 atom stereocenters. The number of para-hydroxylation sites is 1. The van der Waals surface area contributed by atoms with Crippen molar-refractivity contribution in [1.82, 2.24) is 19.5 Å². The third kappa shape index (κ3) is 6.12. The number of amides is 1. The van der Waals surface area contributed by atoms with Crippen LogP contribution in [0.15, 0.2) is 30.5 Å². The lowest BCUT2D eigenvalue weighted by Crippen LogP contribution is -2.38. The van der Waals surface area contributed by atoms with E-state index < -0.39 is 10.0 Å². The number of fused-ring (bicyclic) bond motifs is 1. The largest absolute Gasteiger partial charge is 0.361 e. The highest BCUT2D eigenvalue weighted by Gasteiger charge is 2.17. The van der Waals surface area contributed by atoms with Crippen molar-refractivity contribution >= 4 is 26.8 Å². The first-order chi connectivity index (χ1) is 12.3. The molecule has 7 nitrogen and oxygen atoms in total. The summed E-state index contributed by atoms with van der Waals surface area (Å²) < 4.78 is 25.0. The lowest BCUT2D eigenvalue weighted by molar-refractivity contribution is -0.121. The summed E-state index contributed by atoms with van der Waals surface area (Å²) in [5.74, 6) is -0.136. The molecule has 0 saturated heterocycles. The van der Waals surface area contributed by atoms with E-state index in [1.54, 1.807) is 0 Å². The topological polar surface area (TPSA) is 85.5 Å². The minimum atomic E-state index is -3.31. The molecule has 1 aromatic carbocycles. The Bertz CT molecular complexity index is 830. The number of likely N-dealkylation sites (N-methyl/N-ethyl adjacent to an activating group) is 1. The van der Waals surface area contributed by atoms with Crippen molar-refractivity contribution < 1.29 is 13.2 Å². The van der Waals surface area contributed by atoms with Gasteiger partial charge in [0.25, 0.3) is 0 Å². The van der Waals surface area contributed by atoms with E-state index >= 15 is 0 Å². The van der Waals surface area contributed by atoms with Crippen LogP contribution >= 0.6 is 0 Å². The number of rotatable bonds is 10. The Morgan fingerprint density at radius 2 is 1.88 bits per heavy atom. The van der Waals surface area contributed by atoms with E-state index in [1.165, 1.54) is 10.6 Å². The van der Waals surface area contributed by atoms with Gasteiger partial charge < -0.3 is 15.2 Å². The zero-order valence-electron chi connectivity index (χ0n) is 15.7. The Hall–Kier alpha value is -1.90. The van der Waals surface area contributed by atoms with Gasteiger partial charge in [0.2, 0.25) is 15.9 Å². The Balaban J connectivity index is 1.78. The van der Waals surface area contributed by atoms with E-state index in [0.717, 1.165) is 22.9 Å². The van der Waals surface area contributed by atoms with Crippen LogP contribution in [0, 0.1) is 0 Å². The van der Waals surface area contributed by atoms with Crippen molar-refractivity contribution in [2.75, 3.05) is 46.5 Å². The normalized spacial score (nSPS) is 12.2. The summed E-state index contributed by atoms with van der Waals surface area (Å²) >= 11 is 0. The van der Waals surface area contributed by atoms with E-state index in [1.807, 2.05) is 43.4 Å². The van der Waals surface area contributed by atoms with Crippen molar-refractivity contribution in [3.8, 4) is 0 Å². The summed E-state index contributed by atoms with van der Waals surface area (Å²) in [5, 5.41) is 4.03. The second-order valence-electron chi connectivity index (χ2n) is 6.67. The molecule has 1 aromatic heterocycles. The number of aromatic nitrogens is 1. The third-order valence-corrected chi connectivity index (χ3v) is 5.55. The smallest absolute Gasteiger partial charge is 0.221 e. The standard InChI is InChI=1S/C18H28N4O3S/c1-21(2)12-13-22(26(3,24)25)11-9-18(23)19-10-8-15-14-20-17-7-5-4-6-16(15)17/h4-7,14,20H,8-13H2,1-3H3,(H,19,23). The van der Waals surface area contributed by atoms with E-state index in [-0.39, 0.29) is 18.9 Å². The van der Waals surface area contributed by atoms with Crippen LogP contribution in [-0.4, -0.2) is 75.0 Å². The Morgan fingerprint density at radius 3 is 2.58 bits per heavy atom. The van der Waals surface area contributed by atoms with Gasteiger partial charge in [0, 0.05) is 49.7 Å². The Kier molecular flexibility index (Phi) is 7.19. The van der Waals surface area contributed by atoms with Gasteiger partial charge in [0.1, 0.15) is 0 Å². The first-order valence-corrected chi connectivity index (χ1v) is 10.5. The summed E-state index contributed by atoms with van der Waals surface area (Å²) in [5.41, 5.74) is 2.24. The summed E-state index contributed by atoms with van der Waals surface area (Å²) in [7, 11) is 0.460. The molecule has 0 radical (unpaired) electrons. The van der Waals surface area contributed by atoms with Gasteiger partial charge in [0.15, 0.2) is 0 Å². The number of carbonyl (C=O) groups excluding carboxylic acids is 1. The molecular formula is C18H28N4O3S. The van der Waals surface area contributed by atoms with Crippen LogP contribution in [0.3, 0.4) is 0 Å². The molecule has 0 aliphatic carbocycles. The molecule has 0 saturated carbocycles. The monoisotopic (exact) mass is 380 g/mol. The number of benzene rings is 1. The molecule has 0 spiro atoms. The third-order valence-electron chi connectivity index (χ3n) is 4.25. The summed E-state index contributed by atoms with van der Waals surface area (Å²) in [4.78, 5) is 17.2. The first kappa shape index (κ1) is 20.4. The number of nitrogens with zero attached hydrogens (tertiary/aromatic N) is 2. The van der Waals surface area contributed by atoms with Gasteiger partial charge >= 0.3 is 0 Å². The first-order valence-electron chi connectivity index (χ1n) is 8.69. The molecule has 2 N–H and O–H groups in total. The molecule has 144 valence electrons. The average Bonchev–Trinajstić information content (AvgIpc) is 2.96. The zero-order valence-corrected chi connectivity index (χ0v) is 16.5. The summed E-state index contributed by atoms with van der Waals surface area (Å²) in [6, 6.07) is 8.04. The molecule has 0 unspecified atom stereocenters. The van der Waals surface area contributed by atoms with E-state index in [4.69, 9.17) is 0 Å². The van der Waals surface area contributed by atoms with Crippen LogP contribution in [0.4, 0.5) is 0 Å². The molecular weight excluding hydrogens is 352 g/mol. The lowest BCUT2D eigenvalue weighted by Gasteiger charge is -2.21. The van der Waals surface area contributed by atoms with Crippen LogP contribution < -0.4 is 5.32 Å². The summed E-state index contributed by atoms with van der Waals surface area (Å²) in [6.45, 7) is 1.73. The van der Waals surface area contributed by atoms with Gasteiger partial charge in [-0.05, 0) is 32.1 Å². The number of hydrogen-bond acceptors (Lipinski definition) is 4. The van der Waals surface area contributed by atoms with Gasteiger partial charge in [-0.3, -0.25) is 4.79 Å². The van der Waals surface area contributed by atoms with Crippen LogP contribution in [0.5, 0.6) is 0 Å². The molecule has 0 fully saturated rings. The molecule has 0 aliphatic heterocycles. The van der Waals surface area contributed by atoms with Gasteiger partial charge in [-0.2, -0.15) is 0 Å². The average molecular weight is 381 g/mol. The van der Waals surface area contributed by atoms with Gasteiger partial charge in [-0.25, -0.2) is 12.7 Å². The molecule has 8 heteroatoms. The van der Waals surface area contributed by atoms with E-state index in [0.29, 0.717) is 19.6 Å². The van der Waals surface area contributed by atoms with Crippen LogP contribution in [-0.2, 0) is 21.2 Å². The van der Waals surface area contributed by atoms with Crippen LogP contribution in [0.25, 0.3) is 10.9 Å². The maximum atomic E-state index is 12.1. The molecule has 0 bridgehead atoms. The van der Waals surface area contributed by atoms with Crippen LogP contribution in [0.2, 0.25) is 0 Å². The minimum absolute atomic E-state index is 0.136. The van der Waals surface area contributed by atoms with E-state index in [9.17, 15) is 13.2 Å². The molecule has 1 amide bonds. The van der Waals surface area contributed by atoms with Crippen molar-refractivity contribution in [3.05, 3.63) is 36.0 Å². The Labute approximate surface area is 155 Å². The lowest BCUT2D eigenvalue weighted by atomic mass is 10.1. The van der Waals surface area contributed by atoms with Crippen molar-refractivity contribution in [2.45, 2.75) is 12.8 Å². The van der Waals surface area contributed by atoms with Gasteiger partial charge in [-0.15, -0.1) is 0 Å². The second kappa shape index (κ2) is 9.16. The number of H-pyrrole nitrogens is 1. The van der Waals surface area contributed by atoms with Crippen molar-refractivity contribution in [3.63, 3.8) is 0 Å². The highest BCUT2D eigenvalue weighted by Crippen LogP contribution is 2.17.